The summed E-state index contributed by atoms with van der Waals surface area (Å²) >= 11 is 12.3. The van der Waals surface area contributed by atoms with Gasteiger partial charge in [0.2, 0.25) is 21.8 Å². The number of nitrogens with one attached hydrogen (secondary N) is 1. The second-order valence-corrected chi connectivity index (χ2v) is 11.8. The van der Waals surface area contributed by atoms with Crippen LogP contribution < -0.4 is 9.62 Å². The number of carbonyl (C=O) groups is 2. The number of hydrogen-bond donors (Lipinski definition) is 1. The minimum Gasteiger partial charge on any atom is -0.354 e. The van der Waals surface area contributed by atoms with Crippen LogP contribution in [0.2, 0.25) is 10.0 Å². The lowest BCUT2D eigenvalue weighted by Gasteiger charge is -2.32. The molecule has 0 heterocycles. The number of non-ortho nitro benzene ring substituents is 1. The molecule has 0 aliphatic rings. The largest absolute Gasteiger partial charge is 0.354 e. The van der Waals surface area contributed by atoms with Gasteiger partial charge in [0, 0.05) is 35.3 Å². The van der Waals surface area contributed by atoms with Crippen molar-refractivity contribution in [3.63, 3.8) is 0 Å². The fourth-order valence-electron chi connectivity index (χ4n) is 3.44. The van der Waals surface area contributed by atoms with Crippen LogP contribution in [-0.4, -0.2) is 55.4 Å². The Kier molecular flexibility index (Phi) is 10.3. The van der Waals surface area contributed by atoms with Gasteiger partial charge in [0.15, 0.2) is 0 Å². The lowest BCUT2D eigenvalue weighted by Crippen LogP contribution is -2.51. The van der Waals surface area contributed by atoms with Crippen molar-refractivity contribution >= 4 is 56.4 Å². The Bertz CT molecular complexity index is 1290. The van der Waals surface area contributed by atoms with E-state index in [2.05, 4.69) is 5.32 Å². The predicted molar refractivity (Wildman–Crippen MR) is 144 cm³/mol. The fourth-order valence-corrected chi connectivity index (χ4v) is 4.81. The molecule has 0 radical (unpaired) electrons. The van der Waals surface area contributed by atoms with Crippen molar-refractivity contribution in [1.29, 1.82) is 0 Å². The molecule has 0 saturated carbocycles. The molecule has 0 fully saturated rings. The molecule has 0 aromatic heterocycles. The minimum atomic E-state index is -4.05. The van der Waals surface area contributed by atoms with Crippen molar-refractivity contribution in [3.05, 3.63) is 67.7 Å². The number of carbonyl (C=O) groups excluding carboxylic acids is 2. The number of anilines is 1. The first kappa shape index (κ1) is 30.3. The standard InChI is InChI=1S/C24H30Cl2N4O6S/c1-15(2)12-27-24(32)17(4)28(13-18-7-8-19(25)10-21(18)26)23(31)14-29(37(5,35)36)22-11-20(30(33)34)9-6-16(22)3/h6-11,15,17H,12-14H2,1-5H3,(H,27,32)/t17-/m0/s1. The second kappa shape index (κ2) is 12.6. The van der Waals surface area contributed by atoms with Gasteiger partial charge in [-0.1, -0.05) is 49.2 Å². The quantitative estimate of drug-likeness (QED) is 0.317. The lowest BCUT2D eigenvalue weighted by molar-refractivity contribution is -0.384. The second-order valence-electron chi connectivity index (χ2n) is 9.07. The summed E-state index contributed by atoms with van der Waals surface area (Å²) in [4.78, 5) is 38.4. The summed E-state index contributed by atoms with van der Waals surface area (Å²) in [6, 6.07) is 7.47. The molecule has 0 spiro atoms. The maximum Gasteiger partial charge on any atom is 0.271 e. The van der Waals surface area contributed by atoms with E-state index >= 15 is 0 Å². The number of sulfonamides is 1. The number of rotatable bonds is 11. The molecule has 0 bridgehead atoms. The molecule has 1 N–H and O–H groups in total. The Morgan fingerprint density at radius 1 is 1.11 bits per heavy atom. The number of nitrogens with zero attached hydrogens (tertiary/aromatic N) is 3. The van der Waals surface area contributed by atoms with Crippen LogP contribution in [0.3, 0.4) is 0 Å². The van der Waals surface area contributed by atoms with Gasteiger partial charge < -0.3 is 10.2 Å². The van der Waals surface area contributed by atoms with Gasteiger partial charge >= 0.3 is 0 Å². The third-order valence-electron chi connectivity index (χ3n) is 5.56. The highest BCUT2D eigenvalue weighted by molar-refractivity contribution is 7.92. The highest BCUT2D eigenvalue weighted by atomic mass is 35.5. The molecule has 2 aromatic rings. The average molecular weight is 573 g/mol. The fraction of sp³-hybridized carbons (Fsp3) is 0.417. The van der Waals surface area contributed by atoms with Gasteiger partial charge in [-0.2, -0.15) is 0 Å². The molecule has 2 rings (SSSR count). The maximum atomic E-state index is 13.6. The van der Waals surface area contributed by atoms with E-state index in [4.69, 9.17) is 23.2 Å². The van der Waals surface area contributed by atoms with E-state index in [0.717, 1.165) is 16.6 Å². The third-order valence-corrected chi connectivity index (χ3v) is 7.27. The van der Waals surface area contributed by atoms with Crippen LogP contribution in [-0.2, 0) is 26.2 Å². The number of hydrogen-bond acceptors (Lipinski definition) is 6. The number of amides is 2. The number of nitro benzene ring substituents is 1. The molecular weight excluding hydrogens is 543 g/mol. The summed E-state index contributed by atoms with van der Waals surface area (Å²) in [7, 11) is -4.05. The van der Waals surface area contributed by atoms with E-state index in [9.17, 15) is 28.1 Å². The zero-order chi connectivity index (χ0) is 28.1. The summed E-state index contributed by atoms with van der Waals surface area (Å²) in [5.41, 5.74) is 0.582. The monoisotopic (exact) mass is 572 g/mol. The van der Waals surface area contributed by atoms with Gasteiger partial charge in [0.1, 0.15) is 12.6 Å². The van der Waals surface area contributed by atoms with Gasteiger partial charge in [-0.25, -0.2) is 8.42 Å². The predicted octanol–water partition coefficient (Wildman–Crippen LogP) is 4.17. The molecule has 0 saturated heterocycles. The normalized spacial score (nSPS) is 12.2. The Morgan fingerprint density at radius 2 is 1.76 bits per heavy atom. The van der Waals surface area contributed by atoms with Crippen LogP contribution in [0, 0.1) is 23.0 Å². The lowest BCUT2D eigenvalue weighted by atomic mass is 10.1. The third kappa shape index (κ3) is 8.31. The Hall–Kier alpha value is -2.89. The first-order valence-corrected chi connectivity index (χ1v) is 14.0. The number of aryl methyl sites for hydroxylation is 1. The average Bonchev–Trinajstić information content (AvgIpc) is 2.79. The van der Waals surface area contributed by atoms with Crippen LogP contribution in [0.4, 0.5) is 11.4 Å². The van der Waals surface area contributed by atoms with Crippen LogP contribution in [0.25, 0.3) is 0 Å². The Balaban J connectivity index is 2.49. The summed E-state index contributed by atoms with van der Waals surface area (Å²) in [5.74, 6) is -0.956. The zero-order valence-electron chi connectivity index (χ0n) is 21.2. The van der Waals surface area contributed by atoms with Crippen LogP contribution in [0.5, 0.6) is 0 Å². The number of benzene rings is 2. The molecule has 2 aromatic carbocycles. The van der Waals surface area contributed by atoms with Gasteiger partial charge in [0.25, 0.3) is 5.69 Å². The van der Waals surface area contributed by atoms with E-state index in [1.807, 2.05) is 13.8 Å². The molecule has 13 heteroatoms. The van der Waals surface area contributed by atoms with Crippen molar-refractivity contribution in [2.24, 2.45) is 5.92 Å². The molecular formula is C24H30Cl2N4O6S. The first-order chi connectivity index (χ1) is 17.1. The smallest absolute Gasteiger partial charge is 0.271 e. The molecule has 0 unspecified atom stereocenters. The molecule has 37 heavy (non-hydrogen) atoms. The van der Waals surface area contributed by atoms with Crippen molar-refractivity contribution in [1.82, 2.24) is 10.2 Å². The summed E-state index contributed by atoms with van der Waals surface area (Å²) in [6.45, 7) is 6.55. The zero-order valence-corrected chi connectivity index (χ0v) is 23.5. The molecule has 0 aliphatic carbocycles. The van der Waals surface area contributed by atoms with Crippen molar-refractivity contribution < 1.29 is 22.9 Å². The highest BCUT2D eigenvalue weighted by Gasteiger charge is 2.31. The van der Waals surface area contributed by atoms with E-state index in [0.29, 0.717) is 22.7 Å². The Labute approximate surface area is 226 Å². The molecule has 10 nitrogen and oxygen atoms in total. The van der Waals surface area contributed by atoms with Crippen LogP contribution >= 0.6 is 23.2 Å². The van der Waals surface area contributed by atoms with E-state index < -0.39 is 39.3 Å². The van der Waals surface area contributed by atoms with Gasteiger partial charge in [0.05, 0.1) is 16.9 Å². The van der Waals surface area contributed by atoms with Gasteiger partial charge in [-0.05, 0) is 43.0 Å². The summed E-state index contributed by atoms with van der Waals surface area (Å²) in [5, 5.41) is 14.7. The minimum absolute atomic E-state index is 0.00793. The number of nitro groups is 1. The Morgan fingerprint density at radius 3 is 2.30 bits per heavy atom. The molecule has 2 amide bonds. The van der Waals surface area contributed by atoms with Gasteiger partial charge in [-0.3, -0.25) is 24.0 Å². The summed E-state index contributed by atoms with van der Waals surface area (Å²) in [6.07, 6.45) is 0.901. The molecule has 0 aliphatic heterocycles. The topological polar surface area (TPSA) is 130 Å². The van der Waals surface area contributed by atoms with Crippen LogP contribution in [0.15, 0.2) is 36.4 Å². The van der Waals surface area contributed by atoms with E-state index in [1.165, 1.54) is 30.0 Å². The first-order valence-electron chi connectivity index (χ1n) is 11.4. The summed E-state index contributed by atoms with van der Waals surface area (Å²) < 4.78 is 26.2. The molecule has 202 valence electrons. The van der Waals surface area contributed by atoms with E-state index in [1.54, 1.807) is 19.1 Å². The van der Waals surface area contributed by atoms with E-state index in [-0.39, 0.29) is 28.9 Å². The highest BCUT2D eigenvalue weighted by Crippen LogP contribution is 2.28. The van der Waals surface area contributed by atoms with Gasteiger partial charge in [-0.15, -0.1) is 0 Å². The number of halogens is 2. The van der Waals surface area contributed by atoms with Crippen LogP contribution in [0.1, 0.15) is 31.9 Å². The SMILES string of the molecule is Cc1ccc([N+](=O)[O-])cc1N(CC(=O)N(Cc1ccc(Cl)cc1Cl)[C@@H](C)C(=O)NCC(C)C)S(C)(=O)=O. The van der Waals surface area contributed by atoms with Crippen molar-refractivity contribution in [3.8, 4) is 0 Å². The maximum absolute atomic E-state index is 13.6. The van der Waals surface area contributed by atoms with Crippen molar-refractivity contribution in [2.75, 3.05) is 23.7 Å². The van der Waals surface area contributed by atoms with Crippen molar-refractivity contribution in [2.45, 2.75) is 40.3 Å². The molecule has 1 atom stereocenters.